The summed E-state index contributed by atoms with van der Waals surface area (Å²) in [6.45, 7) is 1.81. The summed E-state index contributed by atoms with van der Waals surface area (Å²) in [5.74, 6) is -1.07. The molecule has 11 heavy (non-hydrogen) atoms. The molecule has 0 radical (unpaired) electrons. The third-order valence-corrected chi connectivity index (χ3v) is 1.87. The Hall–Kier alpha value is -0.460. The van der Waals surface area contributed by atoms with Gasteiger partial charge in [0.2, 0.25) is 4.87 Å². The zero-order valence-corrected chi connectivity index (χ0v) is 7.45. The van der Waals surface area contributed by atoms with Crippen molar-refractivity contribution in [3.05, 3.63) is 0 Å². The van der Waals surface area contributed by atoms with E-state index in [0.29, 0.717) is 0 Å². The van der Waals surface area contributed by atoms with E-state index in [1.807, 2.05) is 0 Å². The van der Waals surface area contributed by atoms with E-state index in [0.717, 1.165) is 0 Å². The maximum absolute atomic E-state index is 10.9. The standard InChI is InChI=1S/C6H7Cl2NO2/c1-2-11-5(10)6(8,3-7)4-9/h2-3H2,1H3. The average molecular weight is 196 g/mol. The van der Waals surface area contributed by atoms with Crippen LogP contribution in [0.5, 0.6) is 0 Å². The van der Waals surface area contributed by atoms with Crippen LogP contribution in [0.3, 0.4) is 0 Å². The first kappa shape index (κ1) is 10.5. The SMILES string of the molecule is CCOC(=O)C(Cl)(C#N)CCl. The van der Waals surface area contributed by atoms with Crippen LogP contribution >= 0.6 is 23.2 Å². The maximum atomic E-state index is 10.9. The van der Waals surface area contributed by atoms with Crippen LogP contribution in [0.4, 0.5) is 0 Å². The molecule has 3 nitrogen and oxygen atoms in total. The van der Waals surface area contributed by atoms with E-state index in [2.05, 4.69) is 4.74 Å². The molecule has 0 saturated carbocycles. The Morgan fingerprint density at radius 1 is 1.82 bits per heavy atom. The average Bonchev–Trinajstić information content (AvgIpc) is 2.03. The fourth-order valence-corrected chi connectivity index (χ4v) is 0.599. The number of halogens is 2. The third-order valence-electron chi connectivity index (χ3n) is 0.960. The molecular weight excluding hydrogens is 189 g/mol. The molecule has 5 heteroatoms. The topological polar surface area (TPSA) is 50.1 Å². The van der Waals surface area contributed by atoms with Crippen molar-refractivity contribution in [3.63, 3.8) is 0 Å². The summed E-state index contributed by atoms with van der Waals surface area (Å²) in [6.07, 6.45) is 0. The number of hydrogen-bond donors (Lipinski definition) is 0. The molecule has 0 fully saturated rings. The van der Waals surface area contributed by atoms with Crippen molar-refractivity contribution < 1.29 is 9.53 Å². The van der Waals surface area contributed by atoms with Gasteiger partial charge in [0.05, 0.1) is 18.6 Å². The minimum atomic E-state index is -1.72. The van der Waals surface area contributed by atoms with E-state index in [9.17, 15) is 4.79 Å². The highest BCUT2D eigenvalue weighted by Crippen LogP contribution is 2.17. The molecule has 1 atom stereocenters. The summed E-state index contributed by atoms with van der Waals surface area (Å²) in [4.78, 5) is 9.14. The van der Waals surface area contributed by atoms with Crippen LogP contribution in [0.2, 0.25) is 0 Å². The number of carbonyl (C=O) groups excluding carboxylic acids is 1. The molecule has 0 rings (SSSR count). The van der Waals surface area contributed by atoms with E-state index in [1.165, 1.54) is 0 Å². The minimum absolute atomic E-state index is 0.186. The molecule has 0 aromatic rings. The quantitative estimate of drug-likeness (QED) is 0.504. The van der Waals surface area contributed by atoms with Gasteiger partial charge in [0, 0.05) is 0 Å². The lowest BCUT2D eigenvalue weighted by molar-refractivity contribution is -0.144. The van der Waals surface area contributed by atoms with Gasteiger partial charge in [-0.3, -0.25) is 0 Å². The monoisotopic (exact) mass is 195 g/mol. The molecule has 0 bridgehead atoms. The minimum Gasteiger partial charge on any atom is -0.464 e. The molecule has 0 aliphatic heterocycles. The largest absolute Gasteiger partial charge is 0.464 e. The van der Waals surface area contributed by atoms with Gasteiger partial charge < -0.3 is 4.74 Å². The molecule has 0 amide bonds. The Morgan fingerprint density at radius 3 is 2.64 bits per heavy atom. The third kappa shape index (κ3) is 2.57. The van der Waals surface area contributed by atoms with Crippen LogP contribution in [0.25, 0.3) is 0 Å². The Bertz CT molecular complexity index is 190. The highest BCUT2D eigenvalue weighted by atomic mass is 35.5. The first-order valence-electron chi connectivity index (χ1n) is 2.94. The molecule has 1 unspecified atom stereocenters. The molecule has 0 N–H and O–H groups in total. The van der Waals surface area contributed by atoms with E-state index < -0.39 is 10.8 Å². The molecule has 0 saturated heterocycles. The van der Waals surface area contributed by atoms with Gasteiger partial charge in [0.15, 0.2) is 0 Å². The highest BCUT2D eigenvalue weighted by Gasteiger charge is 2.37. The zero-order chi connectivity index (χ0) is 8.91. The molecule has 0 heterocycles. The van der Waals surface area contributed by atoms with Crippen molar-refractivity contribution >= 4 is 29.2 Å². The van der Waals surface area contributed by atoms with E-state index in [-0.39, 0.29) is 12.5 Å². The Kier molecular flexibility index (Phi) is 4.24. The van der Waals surface area contributed by atoms with Gasteiger partial charge in [0.1, 0.15) is 0 Å². The molecule has 0 aliphatic carbocycles. The number of nitrogens with zero attached hydrogens (tertiary/aromatic N) is 1. The second-order valence-electron chi connectivity index (χ2n) is 1.77. The number of ether oxygens (including phenoxy) is 1. The lowest BCUT2D eigenvalue weighted by Gasteiger charge is -2.12. The summed E-state index contributed by atoms with van der Waals surface area (Å²) in [5, 5.41) is 8.42. The van der Waals surface area contributed by atoms with E-state index in [1.54, 1.807) is 13.0 Å². The van der Waals surface area contributed by atoms with Crippen molar-refractivity contribution in [1.82, 2.24) is 0 Å². The second-order valence-corrected chi connectivity index (χ2v) is 2.68. The lowest BCUT2D eigenvalue weighted by Crippen LogP contribution is -2.34. The number of hydrogen-bond acceptors (Lipinski definition) is 3. The van der Waals surface area contributed by atoms with Gasteiger partial charge in [-0.25, -0.2) is 4.79 Å². The highest BCUT2D eigenvalue weighted by molar-refractivity contribution is 6.41. The number of esters is 1. The van der Waals surface area contributed by atoms with Crippen molar-refractivity contribution in [2.24, 2.45) is 0 Å². The number of nitriles is 1. The number of alkyl halides is 2. The van der Waals surface area contributed by atoms with Crippen molar-refractivity contribution in [3.8, 4) is 6.07 Å². The van der Waals surface area contributed by atoms with Gasteiger partial charge in [-0.2, -0.15) is 5.26 Å². The maximum Gasteiger partial charge on any atom is 0.343 e. The molecule has 0 spiro atoms. The van der Waals surface area contributed by atoms with Gasteiger partial charge in [-0.15, -0.1) is 11.6 Å². The Balaban J connectivity index is 4.28. The predicted octanol–water partition coefficient (Wildman–Crippen LogP) is 1.29. The van der Waals surface area contributed by atoms with Crippen LogP contribution < -0.4 is 0 Å². The fourth-order valence-electron chi connectivity index (χ4n) is 0.376. The van der Waals surface area contributed by atoms with Crippen LogP contribution in [-0.4, -0.2) is 23.3 Å². The number of rotatable bonds is 3. The summed E-state index contributed by atoms with van der Waals surface area (Å²) < 4.78 is 4.51. The zero-order valence-electron chi connectivity index (χ0n) is 5.93. The predicted molar refractivity (Wildman–Crippen MR) is 41.6 cm³/mol. The molecule has 0 aromatic heterocycles. The first-order chi connectivity index (χ1) is 5.10. The molecule has 0 aromatic carbocycles. The Morgan fingerprint density at radius 2 is 2.36 bits per heavy atom. The number of carbonyl (C=O) groups is 1. The molecular formula is C6H7Cl2NO2. The van der Waals surface area contributed by atoms with Gasteiger partial charge in [-0.1, -0.05) is 11.6 Å². The first-order valence-corrected chi connectivity index (χ1v) is 3.85. The normalized spacial score (nSPS) is 14.7. The molecule has 62 valence electrons. The van der Waals surface area contributed by atoms with Gasteiger partial charge >= 0.3 is 5.97 Å². The van der Waals surface area contributed by atoms with Crippen LogP contribution in [-0.2, 0) is 9.53 Å². The fraction of sp³-hybridized carbons (Fsp3) is 0.667. The smallest absolute Gasteiger partial charge is 0.343 e. The van der Waals surface area contributed by atoms with Crippen LogP contribution in [0.1, 0.15) is 6.92 Å². The summed E-state index contributed by atoms with van der Waals surface area (Å²) in [6, 6.07) is 1.57. The summed E-state index contributed by atoms with van der Waals surface area (Å²) >= 11 is 10.8. The second kappa shape index (κ2) is 4.42. The molecule has 0 aliphatic rings. The Labute approximate surface area is 74.8 Å². The van der Waals surface area contributed by atoms with Crippen molar-refractivity contribution in [2.75, 3.05) is 12.5 Å². The van der Waals surface area contributed by atoms with Crippen molar-refractivity contribution in [1.29, 1.82) is 5.26 Å². The summed E-state index contributed by atoms with van der Waals surface area (Å²) in [7, 11) is 0. The van der Waals surface area contributed by atoms with E-state index >= 15 is 0 Å². The van der Waals surface area contributed by atoms with Crippen molar-refractivity contribution in [2.45, 2.75) is 11.8 Å². The van der Waals surface area contributed by atoms with E-state index in [4.69, 9.17) is 28.5 Å². The van der Waals surface area contributed by atoms with Gasteiger partial charge in [-0.05, 0) is 6.92 Å². The lowest BCUT2D eigenvalue weighted by atomic mass is 10.2. The van der Waals surface area contributed by atoms with Crippen LogP contribution in [0.15, 0.2) is 0 Å². The van der Waals surface area contributed by atoms with Crippen LogP contribution in [0, 0.1) is 11.3 Å². The summed E-state index contributed by atoms with van der Waals surface area (Å²) in [5.41, 5.74) is 0. The van der Waals surface area contributed by atoms with Gasteiger partial charge in [0.25, 0.3) is 0 Å².